The molecule has 0 spiro atoms. The van der Waals surface area contributed by atoms with E-state index >= 15 is 4.79 Å². The van der Waals surface area contributed by atoms with E-state index in [-0.39, 0.29) is 70.4 Å². The molecule has 8 rings (SSSR count). The van der Waals surface area contributed by atoms with Crippen LogP contribution in [0.15, 0.2) is 139 Å². The average Bonchev–Trinajstić information content (AvgIpc) is 3.36. The minimum absolute atomic E-state index is 0.0220. The maximum absolute atomic E-state index is 15.1. The molecule has 68 heavy (non-hydrogen) atoms. The molecule has 1 saturated carbocycles. The number of ether oxygens (including phenoxy) is 5. The number of aryl methyl sites for hydroxylation is 1. The Morgan fingerprint density at radius 3 is 2.49 bits per heavy atom. The summed E-state index contributed by atoms with van der Waals surface area (Å²) < 4.78 is 33.3. The molecule has 12 heteroatoms. The number of amides is 1. The van der Waals surface area contributed by atoms with E-state index in [4.69, 9.17) is 33.7 Å². The van der Waals surface area contributed by atoms with Crippen molar-refractivity contribution < 1.29 is 43.5 Å². The van der Waals surface area contributed by atoms with Crippen LogP contribution in [0.5, 0.6) is 11.5 Å². The third kappa shape index (κ3) is 10.9. The molecular formula is C56H65N3O9. The van der Waals surface area contributed by atoms with Crippen LogP contribution in [0.25, 0.3) is 10.8 Å². The number of nitrogens with zero attached hydrogens (tertiary/aromatic N) is 3. The van der Waals surface area contributed by atoms with Crippen LogP contribution >= 0.6 is 0 Å². The second-order valence-electron chi connectivity index (χ2n) is 17.9. The number of rotatable bonds is 23. The molecule has 0 saturated heterocycles. The maximum atomic E-state index is 15.1. The molecule has 6 atom stereocenters. The Morgan fingerprint density at radius 2 is 1.69 bits per heavy atom. The van der Waals surface area contributed by atoms with Crippen LogP contribution in [-0.2, 0) is 38.8 Å². The first-order chi connectivity index (χ1) is 33.4. The molecule has 2 N–H and O–H groups in total. The number of fused-ring (bicyclic) bond motifs is 3. The van der Waals surface area contributed by atoms with Gasteiger partial charge in [0.1, 0.15) is 37.9 Å². The van der Waals surface area contributed by atoms with E-state index in [9.17, 15) is 10.2 Å². The van der Waals surface area contributed by atoms with Crippen molar-refractivity contribution >= 4 is 22.6 Å². The Balaban J connectivity index is 1.26. The molecule has 2 heterocycles. The number of allylic oxidation sites excluding steroid dienone is 1. The first-order valence-corrected chi connectivity index (χ1v) is 24.1. The van der Waals surface area contributed by atoms with Gasteiger partial charge in [0.2, 0.25) is 5.79 Å². The van der Waals surface area contributed by atoms with Gasteiger partial charge in [-0.1, -0.05) is 109 Å². The first-order valence-electron chi connectivity index (χ1n) is 24.1. The van der Waals surface area contributed by atoms with Gasteiger partial charge in [-0.2, -0.15) is 0 Å². The van der Waals surface area contributed by atoms with Crippen LogP contribution in [0.2, 0.25) is 0 Å². The monoisotopic (exact) mass is 923 g/mol. The molecule has 5 aromatic rings. The highest BCUT2D eigenvalue weighted by Gasteiger charge is 2.65. The highest BCUT2D eigenvalue weighted by molar-refractivity contribution is 6.03. The summed E-state index contributed by atoms with van der Waals surface area (Å²) in [5.41, 5.74) is 6.29. The molecule has 1 aliphatic heterocycles. The molecule has 1 aromatic heterocycles. The van der Waals surface area contributed by atoms with Gasteiger partial charge >= 0.3 is 6.09 Å². The fourth-order valence-corrected chi connectivity index (χ4v) is 10.6. The minimum atomic E-state index is -1.48. The quantitative estimate of drug-likeness (QED) is 0.0369. The van der Waals surface area contributed by atoms with E-state index in [0.29, 0.717) is 36.7 Å². The number of oxime groups is 1. The number of aliphatic hydroxyl groups is 2. The Bertz CT molecular complexity index is 2520. The second-order valence-corrected chi connectivity index (χ2v) is 17.9. The summed E-state index contributed by atoms with van der Waals surface area (Å²) >= 11 is 0. The third-order valence-corrected chi connectivity index (χ3v) is 13.6. The lowest BCUT2D eigenvalue weighted by atomic mass is 9.55. The fraction of sp³-hybridized carbons (Fsp3) is 0.411. The van der Waals surface area contributed by atoms with E-state index in [1.165, 1.54) is 0 Å². The van der Waals surface area contributed by atoms with E-state index in [1.54, 1.807) is 18.1 Å². The van der Waals surface area contributed by atoms with Gasteiger partial charge in [-0.25, -0.2) is 4.79 Å². The average molecular weight is 924 g/mol. The van der Waals surface area contributed by atoms with Crippen molar-refractivity contribution in [2.24, 2.45) is 22.9 Å². The molecule has 12 nitrogen and oxygen atoms in total. The van der Waals surface area contributed by atoms with Crippen LogP contribution in [0.1, 0.15) is 78.9 Å². The van der Waals surface area contributed by atoms with Crippen molar-refractivity contribution in [2.45, 2.75) is 89.4 Å². The van der Waals surface area contributed by atoms with Crippen molar-refractivity contribution in [1.82, 2.24) is 9.88 Å². The summed E-state index contributed by atoms with van der Waals surface area (Å²) in [4.78, 5) is 27.2. The molecule has 0 radical (unpaired) electrons. The first kappa shape index (κ1) is 48.4. The SMILES string of the molecule is C=CCO[C@@]12Oc3ccc(OCc4cccc(C)n4)cc3[C@H]3[C@H](CCCCO)[C@@H](CCCCO)C=C(C(=NOC)C[C@@H]1N(Cc1cccc4ccccc14)C(=O)OCCOCc1ccccc1)[C@H]32. The van der Waals surface area contributed by atoms with Gasteiger partial charge in [0, 0.05) is 36.8 Å². The summed E-state index contributed by atoms with van der Waals surface area (Å²) in [5.74, 6) is -0.784. The van der Waals surface area contributed by atoms with Crippen LogP contribution in [0.3, 0.4) is 0 Å². The van der Waals surface area contributed by atoms with E-state index in [0.717, 1.165) is 70.1 Å². The summed E-state index contributed by atoms with van der Waals surface area (Å²) in [6, 6.07) is 35.2. The number of aromatic nitrogens is 1. The van der Waals surface area contributed by atoms with Crippen LogP contribution in [0, 0.1) is 24.7 Å². The van der Waals surface area contributed by atoms with Gasteiger partial charge in [-0.05, 0) is 102 Å². The van der Waals surface area contributed by atoms with Gasteiger partial charge in [0.05, 0.1) is 43.7 Å². The number of carbonyl (C=O) groups excluding carboxylic acids is 1. The van der Waals surface area contributed by atoms with E-state index in [2.05, 4.69) is 41.9 Å². The number of aliphatic hydroxyl groups excluding tert-OH is 2. The maximum Gasteiger partial charge on any atom is 0.410 e. The number of carbonyl (C=O) groups is 1. The molecular weight excluding hydrogens is 859 g/mol. The van der Waals surface area contributed by atoms with Crippen LogP contribution in [0.4, 0.5) is 4.79 Å². The van der Waals surface area contributed by atoms with Crippen LogP contribution < -0.4 is 9.47 Å². The molecule has 0 unspecified atom stereocenters. The molecule has 1 fully saturated rings. The molecule has 1 amide bonds. The second kappa shape index (κ2) is 23.3. The highest BCUT2D eigenvalue weighted by Crippen LogP contribution is 2.62. The molecule has 3 aliphatic rings. The summed E-state index contributed by atoms with van der Waals surface area (Å²) in [7, 11) is 1.55. The molecule has 2 aliphatic carbocycles. The van der Waals surface area contributed by atoms with E-state index in [1.807, 2.05) is 91.9 Å². The van der Waals surface area contributed by atoms with Gasteiger partial charge < -0.3 is 38.7 Å². The summed E-state index contributed by atoms with van der Waals surface area (Å²) in [6.45, 7) is 7.43. The zero-order chi connectivity index (χ0) is 47.3. The van der Waals surface area contributed by atoms with Crippen molar-refractivity contribution in [1.29, 1.82) is 0 Å². The predicted octanol–water partition coefficient (Wildman–Crippen LogP) is 10.2. The third-order valence-electron chi connectivity index (χ3n) is 13.6. The predicted molar refractivity (Wildman–Crippen MR) is 262 cm³/mol. The molecule has 0 bridgehead atoms. The fourth-order valence-electron chi connectivity index (χ4n) is 10.6. The molecule has 4 aromatic carbocycles. The number of unbranched alkanes of at least 4 members (excludes halogenated alkanes) is 2. The Labute approximate surface area is 400 Å². The Kier molecular flexibility index (Phi) is 16.6. The van der Waals surface area contributed by atoms with Crippen molar-refractivity contribution in [3.63, 3.8) is 0 Å². The lowest BCUT2D eigenvalue weighted by Gasteiger charge is -2.59. The molecule has 358 valence electrons. The summed E-state index contributed by atoms with van der Waals surface area (Å²) in [6.07, 6.45) is 8.31. The van der Waals surface area contributed by atoms with Gasteiger partial charge in [-0.3, -0.25) is 9.88 Å². The van der Waals surface area contributed by atoms with Crippen molar-refractivity contribution in [3.8, 4) is 11.5 Å². The zero-order valence-electron chi connectivity index (χ0n) is 39.3. The highest BCUT2D eigenvalue weighted by atomic mass is 16.7. The van der Waals surface area contributed by atoms with Crippen LogP contribution in [-0.4, -0.2) is 83.9 Å². The van der Waals surface area contributed by atoms with Gasteiger partial charge in [0.25, 0.3) is 0 Å². The smallest absolute Gasteiger partial charge is 0.410 e. The normalized spacial score (nSPS) is 22.1. The standard InChI is InChI=1S/C56H65N3O9/c1-4-30-67-56-52(59(36-43-22-15-21-41-19-8-9-24-46(41)43)55(62)65-32-31-64-37-40-17-6-5-7-18-40)35-50(58-63-3)48-33-42(20-10-12-28-60)47(25-11-13-29-61)53(54(48)56)49-34-45(26-27-51(49)68-56)66-38-44-23-14-16-39(2)57-44/h4-9,14-19,21-24,26-27,33-34,42,47,52-54,60-61H,1,10-13,20,25,28-32,35-38H2,2-3H3/t42-,47+,52-,53+,54+,56+/m0/s1. The Hall–Kier alpha value is -6.05. The van der Waals surface area contributed by atoms with Gasteiger partial charge in [0.15, 0.2) is 0 Å². The topological polar surface area (TPSA) is 141 Å². The zero-order valence-corrected chi connectivity index (χ0v) is 39.3. The lowest BCUT2D eigenvalue weighted by Crippen LogP contribution is -2.70. The minimum Gasteiger partial charge on any atom is -0.487 e. The number of hydrogen-bond donors (Lipinski definition) is 2. The number of benzene rings is 4. The number of hydrogen-bond acceptors (Lipinski definition) is 11. The van der Waals surface area contributed by atoms with E-state index < -0.39 is 23.8 Å². The van der Waals surface area contributed by atoms with Crippen molar-refractivity contribution in [3.05, 3.63) is 162 Å². The van der Waals surface area contributed by atoms with Gasteiger partial charge in [-0.15, -0.1) is 6.58 Å². The largest absolute Gasteiger partial charge is 0.487 e. The van der Waals surface area contributed by atoms with Crippen molar-refractivity contribution in [2.75, 3.05) is 40.1 Å². The number of pyridine rings is 1. The summed E-state index contributed by atoms with van der Waals surface area (Å²) in [5, 5.41) is 26.8. The lowest BCUT2D eigenvalue weighted by molar-refractivity contribution is -0.256. The Morgan fingerprint density at radius 1 is 0.912 bits per heavy atom.